The van der Waals surface area contributed by atoms with E-state index in [2.05, 4.69) is 36.1 Å². The van der Waals surface area contributed by atoms with Gasteiger partial charge >= 0.3 is 5.97 Å². The molecule has 1 saturated heterocycles. The van der Waals surface area contributed by atoms with E-state index in [1.165, 1.54) is 24.1 Å². The minimum atomic E-state index is -0.688. The van der Waals surface area contributed by atoms with Crippen LogP contribution < -0.4 is 4.90 Å². The Balaban J connectivity index is 2.06. The first-order chi connectivity index (χ1) is 9.20. The molecule has 0 bridgehead atoms. The Labute approximate surface area is 115 Å². The van der Waals surface area contributed by atoms with Gasteiger partial charge in [-0.05, 0) is 49.8 Å². The molecule has 3 nitrogen and oxygen atoms in total. The molecule has 1 unspecified atom stereocenters. The Morgan fingerprint density at radius 1 is 1.32 bits per heavy atom. The van der Waals surface area contributed by atoms with Crippen LogP contribution in [0.4, 0.5) is 5.69 Å². The van der Waals surface area contributed by atoms with E-state index in [1.54, 1.807) is 0 Å². The summed E-state index contributed by atoms with van der Waals surface area (Å²) in [5.41, 5.74) is 2.59. The first-order valence-electron chi connectivity index (χ1n) is 7.28. The SMILES string of the molecule is CCc1ccc(N2CCCCC2CCC(=O)O)cc1. The molecule has 3 heteroatoms. The van der Waals surface area contributed by atoms with Crippen molar-refractivity contribution in [2.24, 2.45) is 0 Å². The Bertz CT molecular complexity index is 413. The third-order valence-electron chi connectivity index (χ3n) is 3.99. The van der Waals surface area contributed by atoms with E-state index >= 15 is 0 Å². The van der Waals surface area contributed by atoms with Gasteiger partial charge in [-0.1, -0.05) is 19.1 Å². The second-order valence-electron chi connectivity index (χ2n) is 5.30. The molecule has 1 atom stereocenters. The summed E-state index contributed by atoms with van der Waals surface area (Å²) in [6.45, 7) is 3.21. The lowest BCUT2D eigenvalue weighted by Crippen LogP contribution is -2.39. The van der Waals surface area contributed by atoms with Gasteiger partial charge in [-0.2, -0.15) is 0 Å². The van der Waals surface area contributed by atoms with E-state index < -0.39 is 5.97 Å². The maximum absolute atomic E-state index is 10.8. The van der Waals surface area contributed by atoms with Crippen LogP contribution in [0.3, 0.4) is 0 Å². The fourth-order valence-corrected chi connectivity index (χ4v) is 2.85. The molecule has 2 rings (SSSR count). The standard InChI is InChI=1S/C16H23NO2/c1-2-13-6-8-15(9-7-13)17-12-4-3-5-14(17)10-11-16(18)19/h6-9,14H,2-5,10-12H2,1H3,(H,18,19). The van der Waals surface area contributed by atoms with E-state index in [0.717, 1.165) is 25.8 Å². The van der Waals surface area contributed by atoms with Crippen molar-refractivity contribution >= 4 is 11.7 Å². The first kappa shape index (κ1) is 13.9. The predicted octanol–water partition coefficient (Wildman–Crippen LogP) is 3.47. The molecule has 19 heavy (non-hydrogen) atoms. The molecule has 1 aliphatic heterocycles. The van der Waals surface area contributed by atoms with Crippen LogP contribution >= 0.6 is 0 Å². The maximum atomic E-state index is 10.8. The third kappa shape index (κ3) is 3.72. The monoisotopic (exact) mass is 261 g/mol. The molecule has 0 radical (unpaired) electrons. The van der Waals surface area contributed by atoms with Crippen LogP contribution in [0.25, 0.3) is 0 Å². The van der Waals surface area contributed by atoms with Crippen molar-refractivity contribution in [2.45, 2.75) is 51.5 Å². The number of anilines is 1. The van der Waals surface area contributed by atoms with Crippen molar-refractivity contribution in [3.05, 3.63) is 29.8 Å². The molecule has 104 valence electrons. The molecule has 0 amide bonds. The molecule has 1 aliphatic rings. The highest BCUT2D eigenvalue weighted by Gasteiger charge is 2.23. The molecule has 1 N–H and O–H groups in total. The van der Waals surface area contributed by atoms with Gasteiger partial charge in [0, 0.05) is 24.7 Å². The number of benzene rings is 1. The van der Waals surface area contributed by atoms with Crippen LogP contribution in [0.1, 0.15) is 44.6 Å². The van der Waals surface area contributed by atoms with Crippen LogP contribution in [0.5, 0.6) is 0 Å². The van der Waals surface area contributed by atoms with Crippen molar-refractivity contribution in [1.29, 1.82) is 0 Å². The first-order valence-corrected chi connectivity index (χ1v) is 7.28. The van der Waals surface area contributed by atoms with Gasteiger partial charge in [0.2, 0.25) is 0 Å². The number of aryl methyl sites for hydroxylation is 1. The number of carboxylic acids is 1. The fourth-order valence-electron chi connectivity index (χ4n) is 2.85. The maximum Gasteiger partial charge on any atom is 0.303 e. The smallest absolute Gasteiger partial charge is 0.303 e. The van der Waals surface area contributed by atoms with Crippen LogP contribution in [0.15, 0.2) is 24.3 Å². The van der Waals surface area contributed by atoms with Gasteiger partial charge in [-0.3, -0.25) is 4.79 Å². The highest BCUT2D eigenvalue weighted by Crippen LogP contribution is 2.27. The summed E-state index contributed by atoms with van der Waals surface area (Å²) in [6.07, 6.45) is 5.62. The molecule has 1 heterocycles. The van der Waals surface area contributed by atoms with E-state index in [1.807, 2.05) is 0 Å². The van der Waals surface area contributed by atoms with Gasteiger partial charge in [-0.15, -0.1) is 0 Å². The Hall–Kier alpha value is -1.51. The van der Waals surface area contributed by atoms with Crippen molar-refractivity contribution in [3.63, 3.8) is 0 Å². The number of carbonyl (C=O) groups is 1. The number of aliphatic carboxylic acids is 1. The minimum Gasteiger partial charge on any atom is -0.481 e. The Morgan fingerprint density at radius 3 is 2.68 bits per heavy atom. The summed E-state index contributed by atoms with van der Waals surface area (Å²) in [7, 11) is 0. The third-order valence-corrected chi connectivity index (χ3v) is 3.99. The average Bonchev–Trinajstić information content (AvgIpc) is 2.45. The van der Waals surface area contributed by atoms with Crippen LogP contribution in [0, 0.1) is 0 Å². The number of nitrogens with zero attached hydrogens (tertiary/aromatic N) is 1. The number of rotatable bonds is 5. The van der Waals surface area contributed by atoms with E-state index in [4.69, 9.17) is 5.11 Å². The van der Waals surface area contributed by atoms with E-state index in [-0.39, 0.29) is 6.42 Å². The molecule has 0 aromatic heterocycles. The van der Waals surface area contributed by atoms with Crippen molar-refractivity contribution in [1.82, 2.24) is 0 Å². The number of carboxylic acid groups (broad SMARTS) is 1. The number of piperidine rings is 1. The largest absolute Gasteiger partial charge is 0.481 e. The zero-order chi connectivity index (χ0) is 13.7. The molecule has 1 aromatic carbocycles. The molecular weight excluding hydrogens is 238 g/mol. The lowest BCUT2D eigenvalue weighted by Gasteiger charge is -2.37. The Kier molecular flexibility index (Phi) is 4.83. The lowest BCUT2D eigenvalue weighted by atomic mass is 9.97. The molecule has 0 spiro atoms. The van der Waals surface area contributed by atoms with Gasteiger partial charge < -0.3 is 10.0 Å². The molecule has 0 saturated carbocycles. The van der Waals surface area contributed by atoms with Gasteiger partial charge in [-0.25, -0.2) is 0 Å². The van der Waals surface area contributed by atoms with Crippen molar-refractivity contribution in [2.75, 3.05) is 11.4 Å². The van der Waals surface area contributed by atoms with E-state index in [0.29, 0.717) is 6.04 Å². The quantitative estimate of drug-likeness (QED) is 0.882. The lowest BCUT2D eigenvalue weighted by molar-refractivity contribution is -0.137. The molecule has 0 aliphatic carbocycles. The highest BCUT2D eigenvalue weighted by atomic mass is 16.4. The highest BCUT2D eigenvalue weighted by molar-refractivity contribution is 5.66. The zero-order valence-electron chi connectivity index (χ0n) is 11.6. The van der Waals surface area contributed by atoms with Crippen LogP contribution in [-0.2, 0) is 11.2 Å². The van der Waals surface area contributed by atoms with Gasteiger partial charge in [0.05, 0.1) is 0 Å². The summed E-state index contributed by atoms with van der Waals surface area (Å²) >= 11 is 0. The summed E-state index contributed by atoms with van der Waals surface area (Å²) < 4.78 is 0. The van der Waals surface area contributed by atoms with Crippen LogP contribution in [0.2, 0.25) is 0 Å². The number of hydrogen-bond donors (Lipinski definition) is 1. The minimum absolute atomic E-state index is 0.272. The predicted molar refractivity (Wildman–Crippen MR) is 77.7 cm³/mol. The normalized spacial score (nSPS) is 19.4. The van der Waals surface area contributed by atoms with Crippen molar-refractivity contribution < 1.29 is 9.90 Å². The summed E-state index contributed by atoms with van der Waals surface area (Å²) in [5.74, 6) is -0.688. The van der Waals surface area contributed by atoms with Crippen LogP contribution in [-0.4, -0.2) is 23.7 Å². The summed E-state index contributed by atoms with van der Waals surface area (Å²) in [5, 5.41) is 8.85. The van der Waals surface area contributed by atoms with Gasteiger partial charge in [0.1, 0.15) is 0 Å². The average molecular weight is 261 g/mol. The Morgan fingerprint density at radius 2 is 2.05 bits per heavy atom. The summed E-state index contributed by atoms with van der Waals surface area (Å²) in [4.78, 5) is 13.1. The van der Waals surface area contributed by atoms with Gasteiger partial charge in [0.15, 0.2) is 0 Å². The summed E-state index contributed by atoms with van der Waals surface area (Å²) in [6, 6.07) is 9.10. The molecule has 1 fully saturated rings. The van der Waals surface area contributed by atoms with Crippen molar-refractivity contribution in [3.8, 4) is 0 Å². The second-order valence-corrected chi connectivity index (χ2v) is 5.30. The zero-order valence-corrected chi connectivity index (χ0v) is 11.6. The van der Waals surface area contributed by atoms with Gasteiger partial charge in [0.25, 0.3) is 0 Å². The molecule has 1 aromatic rings. The molecular formula is C16H23NO2. The number of hydrogen-bond acceptors (Lipinski definition) is 2. The topological polar surface area (TPSA) is 40.5 Å². The second kappa shape index (κ2) is 6.60. The van der Waals surface area contributed by atoms with E-state index in [9.17, 15) is 4.79 Å². The fraction of sp³-hybridized carbons (Fsp3) is 0.562.